The molecule has 3 heterocycles. The molecule has 7 nitrogen and oxygen atoms in total. The first-order valence-corrected chi connectivity index (χ1v) is 13.2. The molecule has 1 saturated heterocycles. The van der Waals surface area contributed by atoms with Gasteiger partial charge in [0.2, 0.25) is 0 Å². The third-order valence-electron chi connectivity index (χ3n) is 7.44. The lowest BCUT2D eigenvalue weighted by atomic mass is 9.73. The van der Waals surface area contributed by atoms with Gasteiger partial charge in [0.15, 0.2) is 0 Å². The van der Waals surface area contributed by atoms with Gasteiger partial charge in [-0.2, -0.15) is 0 Å². The van der Waals surface area contributed by atoms with Crippen LogP contribution in [0, 0.1) is 24.2 Å². The van der Waals surface area contributed by atoms with Gasteiger partial charge < -0.3 is 19.7 Å². The predicted octanol–water partition coefficient (Wildman–Crippen LogP) is 4.25. The van der Waals surface area contributed by atoms with Gasteiger partial charge in [-0.05, 0) is 50.3 Å². The molecular formula is C27H39NO6S. The van der Waals surface area contributed by atoms with Crippen molar-refractivity contribution >= 4 is 29.2 Å². The van der Waals surface area contributed by atoms with Crippen LogP contribution in [0.2, 0.25) is 0 Å². The summed E-state index contributed by atoms with van der Waals surface area (Å²) in [6.07, 6.45) is 1.07. The third kappa shape index (κ3) is 6.47. The summed E-state index contributed by atoms with van der Waals surface area (Å²) >= 11 is 1.53. The SMILES string of the molecule is C/C1=C\C2CC(C)C(O2)C(C)C(=O)C(C)(C)C(O)CC(=O)OC(/C(C)=C/c2csc(C)n2)CC1O. The van der Waals surface area contributed by atoms with E-state index in [1.807, 2.05) is 45.2 Å². The van der Waals surface area contributed by atoms with E-state index in [9.17, 15) is 19.8 Å². The number of cyclic esters (lactones) is 1. The Morgan fingerprint density at radius 1 is 1.20 bits per heavy atom. The van der Waals surface area contributed by atoms with Crippen molar-refractivity contribution in [2.45, 2.75) is 98.2 Å². The first-order valence-electron chi connectivity index (χ1n) is 12.3. The Morgan fingerprint density at radius 3 is 2.51 bits per heavy atom. The van der Waals surface area contributed by atoms with Crippen LogP contribution >= 0.6 is 11.3 Å². The molecule has 194 valence electrons. The second-order valence-corrected chi connectivity index (χ2v) is 11.8. The molecule has 2 N–H and O–H groups in total. The molecule has 2 aliphatic heterocycles. The number of hydrogen-bond acceptors (Lipinski definition) is 8. The zero-order chi connectivity index (χ0) is 26.1. The molecule has 0 amide bonds. The number of carbonyl (C=O) groups is 2. The van der Waals surface area contributed by atoms with Crippen LogP contribution in [0.1, 0.15) is 71.5 Å². The molecule has 0 aliphatic carbocycles. The number of carbonyl (C=O) groups excluding carboxylic acids is 2. The van der Waals surface area contributed by atoms with E-state index in [4.69, 9.17) is 9.47 Å². The largest absolute Gasteiger partial charge is 0.458 e. The zero-order valence-electron chi connectivity index (χ0n) is 21.8. The van der Waals surface area contributed by atoms with Gasteiger partial charge in [-0.15, -0.1) is 11.3 Å². The molecule has 0 saturated carbocycles. The van der Waals surface area contributed by atoms with E-state index in [0.717, 1.165) is 28.3 Å². The molecule has 8 heteroatoms. The quantitative estimate of drug-likeness (QED) is 0.457. The molecule has 1 fully saturated rings. The highest BCUT2D eigenvalue weighted by Crippen LogP contribution is 2.38. The van der Waals surface area contributed by atoms with Gasteiger partial charge in [-0.1, -0.05) is 33.8 Å². The number of rotatable bonds is 2. The van der Waals surface area contributed by atoms with Gasteiger partial charge in [-0.25, -0.2) is 4.98 Å². The van der Waals surface area contributed by atoms with E-state index in [1.54, 1.807) is 13.8 Å². The number of aromatic nitrogens is 1. The van der Waals surface area contributed by atoms with Crippen molar-refractivity contribution < 1.29 is 29.3 Å². The monoisotopic (exact) mass is 505 g/mol. The first-order chi connectivity index (χ1) is 16.3. The number of esters is 1. The van der Waals surface area contributed by atoms with Crippen LogP contribution in [-0.4, -0.2) is 57.5 Å². The fourth-order valence-electron chi connectivity index (χ4n) is 5.02. The van der Waals surface area contributed by atoms with E-state index in [2.05, 4.69) is 11.9 Å². The third-order valence-corrected chi connectivity index (χ3v) is 8.23. The van der Waals surface area contributed by atoms with Crippen molar-refractivity contribution in [2.75, 3.05) is 0 Å². The smallest absolute Gasteiger partial charge is 0.309 e. The summed E-state index contributed by atoms with van der Waals surface area (Å²) in [6.45, 7) is 12.8. The van der Waals surface area contributed by atoms with Crippen molar-refractivity contribution in [1.29, 1.82) is 0 Å². The first kappa shape index (κ1) is 27.7. The molecule has 2 aliphatic rings. The molecule has 7 atom stereocenters. The van der Waals surface area contributed by atoms with E-state index in [1.165, 1.54) is 11.3 Å². The Bertz CT molecular complexity index is 996. The number of thiazole rings is 1. The van der Waals surface area contributed by atoms with E-state index >= 15 is 0 Å². The number of aryl methyl sites for hydroxylation is 1. The lowest BCUT2D eigenvalue weighted by molar-refractivity contribution is -0.155. The summed E-state index contributed by atoms with van der Waals surface area (Å²) in [4.78, 5) is 30.7. The van der Waals surface area contributed by atoms with Crippen LogP contribution in [0.5, 0.6) is 0 Å². The summed E-state index contributed by atoms with van der Waals surface area (Å²) in [7, 11) is 0. The van der Waals surface area contributed by atoms with Gasteiger partial charge in [-0.3, -0.25) is 9.59 Å². The van der Waals surface area contributed by atoms with Gasteiger partial charge in [0, 0.05) is 17.7 Å². The van der Waals surface area contributed by atoms with Crippen molar-refractivity contribution in [3.63, 3.8) is 0 Å². The number of nitrogens with zero attached hydrogens (tertiary/aromatic N) is 1. The Hall–Kier alpha value is -1.87. The number of fused-ring (bicyclic) bond motifs is 2. The van der Waals surface area contributed by atoms with Crippen molar-refractivity contribution in [1.82, 2.24) is 4.98 Å². The van der Waals surface area contributed by atoms with Crippen molar-refractivity contribution in [3.05, 3.63) is 33.3 Å². The fraction of sp³-hybridized carbons (Fsp3) is 0.667. The van der Waals surface area contributed by atoms with Gasteiger partial charge in [0.25, 0.3) is 0 Å². The summed E-state index contributed by atoms with van der Waals surface area (Å²) in [6, 6.07) is 0. The standard InChI is InChI=1S/C27H39NO6S/c1-14-9-20-10-16(3)25(33-20)17(4)26(32)27(6,7)23(30)12-24(31)34-22(11-21(14)29)15(2)8-19-13-35-18(5)28-19/h8-9,13,16-17,20-23,25,29-30H,10-12H2,1-7H3/b14-9+,15-8+. The molecule has 0 spiro atoms. The van der Waals surface area contributed by atoms with Crippen molar-refractivity contribution in [2.24, 2.45) is 17.3 Å². The van der Waals surface area contributed by atoms with Crippen LogP contribution in [0.15, 0.2) is 22.6 Å². The number of hydrogen-bond donors (Lipinski definition) is 2. The minimum Gasteiger partial charge on any atom is -0.458 e. The Kier molecular flexibility index (Phi) is 8.73. The minimum absolute atomic E-state index is 0.141. The molecule has 3 rings (SSSR count). The summed E-state index contributed by atoms with van der Waals surface area (Å²) in [5.74, 6) is -1.06. The van der Waals surface area contributed by atoms with Gasteiger partial charge in [0.1, 0.15) is 11.9 Å². The van der Waals surface area contributed by atoms with E-state index < -0.39 is 35.6 Å². The molecule has 35 heavy (non-hydrogen) atoms. The zero-order valence-corrected chi connectivity index (χ0v) is 22.6. The van der Waals surface area contributed by atoms with Crippen LogP contribution in [-0.2, 0) is 19.1 Å². The summed E-state index contributed by atoms with van der Waals surface area (Å²) < 4.78 is 12.0. The lowest BCUT2D eigenvalue weighted by Gasteiger charge is -2.34. The molecular weight excluding hydrogens is 466 g/mol. The Morgan fingerprint density at radius 2 is 1.89 bits per heavy atom. The molecule has 1 aromatic heterocycles. The molecule has 7 unspecified atom stereocenters. The summed E-state index contributed by atoms with van der Waals surface area (Å²) in [5.41, 5.74) is 1.09. The number of aliphatic hydroxyl groups excluding tert-OH is 2. The second-order valence-electron chi connectivity index (χ2n) is 10.8. The maximum Gasteiger partial charge on any atom is 0.309 e. The van der Waals surface area contributed by atoms with E-state index in [0.29, 0.717) is 0 Å². The topological polar surface area (TPSA) is 106 Å². The number of ketones is 1. The van der Waals surface area contributed by atoms with Crippen LogP contribution in [0.4, 0.5) is 0 Å². The average molecular weight is 506 g/mol. The highest BCUT2D eigenvalue weighted by molar-refractivity contribution is 7.09. The predicted molar refractivity (Wildman–Crippen MR) is 136 cm³/mol. The molecule has 0 aromatic carbocycles. The second kappa shape index (κ2) is 11.0. The number of ether oxygens (including phenoxy) is 2. The Labute approximate surface area is 212 Å². The Balaban J connectivity index is 1.95. The van der Waals surface area contributed by atoms with Gasteiger partial charge >= 0.3 is 5.97 Å². The normalized spacial score (nSPS) is 36.7. The van der Waals surface area contributed by atoms with Crippen molar-refractivity contribution in [3.8, 4) is 0 Å². The highest BCUT2D eigenvalue weighted by atomic mass is 32.1. The summed E-state index contributed by atoms with van der Waals surface area (Å²) in [5, 5.41) is 24.7. The number of Topliss-reactive ketones (excluding diaryl/α,β-unsaturated/α-hetero) is 1. The highest BCUT2D eigenvalue weighted by Gasteiger charge is 2.45. The van der Waals surface area contributed by atoms with Gasteiger partial charge in [0.05, 0.1) is 47.0 Å². The molecule has 0 radical (unpaired) electrons. The molecule has 1 aromatic rings. The fourth-order valence-corrected chi connectivity index (χ4v) is 5.59. The van der Waals surface area contributed by atoms with Crippen LogP contribution in [0.3, 0.4) is 0 Å². The minimum atomic E-state index is -1.21. The average Bonchev–Trinajstić information content (AvgIpc) is 3.35. The number of aliphatic hydroxyl groups is 2. The maximum atomic E-state index is 13.4. The molecule has 2 bridgehead atoms. The maximum absolute atomic E-state index is 13.4. The van der Waals surface area contributed by atoms with E-state index in [-0.39, 0.29) is 36.8 Å². The van der Waals surface area contributed by atoms with Crippen LogP contribution < -0.4 is 0 Å². The lowest BCUT2D eigenvalue weighted by Crippen LogP contribution is -2.45. The van der Waals surface area contributed by atoms with Crippen LogP contribution in [0.25, 0.3) is 6.08 Å².